The van der Waals surface area contributed by atoms with E-state index in [4.69, 9.17) is 10.5 Å². The van der Waals surface area contributed by atoms with Crippen LogP contribution in [0.15, 0.2) is 53.5 Å². The Labute approximate surface area is 188 Å². The van der Waals surface area contributed by atoms with Gasteiger partial charge in [0, 0.05) is 12.2 Å². The molecule has 32 heavy (non-hydrogen) atoms. The molecule has 0 amide bonds. The van der Waals surface area contributed by atoms with E-state index >= 15 is 0 Å². The fraction of sp³-hybridized carbons (Fsp3) is 0.435. The first-order chi connectivity index (χ1) is 15.2. The Morgan fingerprint density at radius 3 is 2.50 bits per heavy atom. The first kappa shape index (κ1) is 24.2. The molecular formula is C23H30FN3O4S. The number of hydrogen-bond donors (Lipinski definition) is 3. The first-order valence-corrected chi connectivity index (χ1v) is 12.1. The van der Waals surface area contributed by atoms with Crippen molar-refractivity contribution in [2.45, 2.75) is 50.0 Å². The van der Waals surface area contributed by atoms with Crippen molar-refractivity contribution in [3.63, 3.8) is 0 Å². The second-order valence-corrected chi connectivity index (χ2v) is 10.1. The summed E-state index contributed by atoms with van der Waals surface area (Å²) in [6.45, 7) is 3.71. The number of rotatable bonds is 8. The van der Waals surface area contributed by atoms with Crippen LogP contribution < -0.4 is 10.5 Å². The molecule has 2 atom stereocenters. The van der Waals surface area contributed by atoms with Crippen molar-refractivity contribution >= 4 is 16.0 Å². The van der Waals surface area contributed by atoms with Crippen LogP contribution in [-0.4, -0.2) is 38.3 Å². The summed E-state index contributed by atoms with van der Waals surface area (Å²) in [7, 11) is -3.90. The number of sulfonamides is 1. The fourth-order valence-electron chi connectivity index (χ4n) is 3.98. The van der Waals surface area contributed by atoms with Crippen molar-refractivity contribution in [3.05, 3.63) is 71.0 Å². The highest BCUT2D eigenvalue weighted by molar-refractivity contribution is 7.90. The largest absolute Gasteiger partial charge is 0.457 e. The molecule has 174 valence electrons. The monoisotopic (exact) mass is 463 g/mol. The van der Waals surface area contributed by atoms with Crippen LogP contribution in [-0.2, 0) is 21.2 Å². The number of amidine groups is 1. The predicted molar refractivity (Wildman–Crippen MR) is 122 cm³/mol. The van der Waals surface area contributed by atoms with Gasteiger partial charge >= 0.3 is 0 Å². The fourth-order valence-corrected chi connectivity index (χ4v) is 5.74. The van der Waals surface area contributed by atoms with Gasteiger partial charge in [0.2, 0.25) is 10.0 Å². The lowest BCUT2D eigenvalue weighted by atomic mass is 9.96. The smallest absolute Gasteiger partial charge is 0.299 e. The third-order valence-electron chi connectivity index (χ3n) is 5.42. The average Bonchev–Trinajstić information content (AvgIpc) is 2.71. The lowest BCUT2D eigenvalue weighted by Gasteiger charge is -2.39. The molecular weight excluding hydrogens is 433 g/mol. The van der Waals surface area contributed by atoms with Gasteiger partial charge in [0.25, 0.3) is 6.02 Å². The number of nitrogens with one attached hydrogen (secondary N) is 1. The van der Waals surface area contributed by atoms with E-state index in [0.717, 1.165) is 18.4 Å². The Hall–Kier alpha value is -2.49. The minimum atomic E-state index is -3.90. The molecule has 0 saturated carbocycles. The Morgan fingerprint density at radius 2 is 1.91 bits per heavy atom. The summed E-state index contributed by atoms with van der Waals surface area (Å²) in [6.07, 6.45) is 1.79. The zero-order valence-corrected chi connectivity index (χ0v) is 19.1. The zero-order chi connectivity index (χ0) is 23.4. The van der Waals surface area contributed by atoms with Gasteiger partial charge in [-0.3, -0.25) is 0 Å². The number of ether oxygens (including phenoxy) is 1. The molecule has 2 aromatic carbocycles. The summed E-state index contributed by atoms with van der Waals surface area (Å²) in [5.74, 6) is -0.485. The van der Waals surface area contributed by atoms with Gasteiger partial charge in [-0.2, -0.15) is 0 Å². The van der Waals surface area contributed by atoms with Crippen molar-refractivity contribution in [2.75, 3.05) is 13.2 Å². The number of hydrogen-bond acceptors (Lipinski definition) is 6. The molecule has 9 heteroatoms. The lowest BCUT2D eigenvalue weighted by molar-refractivity contribution is 0.0758. The minimum absolute atomic E-state index is 0.115. The average molecular weight is 464 g/mol. The van der Waals surface area contributed by atoms with Gasteiger partial charge in [-0.05, 0) is 56.8 Å². The van der Waals surface area contributed by atoms with Crippen LogP contribution in [0.4, 0.5) is 4.39 Å². The minimum Gasteiger partial charge on any atom is -0.457 e. The Morgan fingerprint density at radius 1 is 1.22 bits per heavy atom. The summed E-state index contributed by atoms with van der Waals surface area (Å²) >= 11 is 0. The molecule has 1 fully saturated rings. The number of aliphatic imine (C=N–C) groups is 1. The van der Waals surface area contributed by atoms with Gasteiger partial charge in [0.05, 0.1) is 6.04 Å². The molecule has 1 aliphatic heterocycles. The van der Waals surface area contributed by atoms with E-state index in [0.29, 0.717) is 12.1 Å². The van der Waals surface area contributed by atoms with Crippen molar-refractivity contribution in [2.24, 2.45) is 10.7 Å². The summed E-state index contributed by atoms with van der Waals surface area (Å²) in [5.41, 5.74) is 6.35. The van der Waals surface area contributed by atoms with Crippen LogP contribution in [0.25, 0.3) is 0 Å². The number of nitrogens with two attached hydrogens (primary N) is 1. The van der Waals surface area contributed by atoms with Crippen LogP contribution in [0, 0.1) is 5.82 Å². The number of aliphatic hydroxyl groups excluding tert-OH is 1. The lowest BCUT2D eigenvalue weighted by Crippen LogP contribution is -2.53. The van der Waals surface area contributed by atoms with Gasteiger partial charge in [0.15, 0.2) is 0 Å². The molecule has 7 nitrogen and oxygen atoms in total. The van der Waals surface area contributed by atoms with Gasteiger partial charge < -0.3 is 15.6 Å². The molecule has 1 saturated heterocycles. The summed E-state index contributed by atoms with van der Waals surface area (Å²) < 4.78 is 49.0. The molecule has 0 spiro atoms. The third kappa shape index (κ3) is 5.46. The van der Waals surface area contributed by atoms with Crippen molar-refractivity contribution in [1.82, 2.24) is 4.72 Å². The SMILES string of the molecule is CC1(C)OC(=NC(CCO)c2ccccc2F)NS(=O)(=O)C1c1ccc(CCCN)cc1. The van der Waals surface area contributed by atoms with E-state index in [1.54, 1.807) is 44.2 Å². The molecule has 3 rings (SSSR count). The molecule has 1 aliphatic rings. The molecule has 0 aliphatic carbocycles. The van der Waals surface area contributed by atoms with E-state index in [1.165, 1.54) is 6.07 Å². The standard InChI is InChI=1S/C23H30FN3O4S/c1-23(2)21(17-11-9-16(10-12-17)6-5-14-25)32(29,30)27-22(31-23)26-20(13-15-28)18-7-3-4-8-19(18)24/h3-4,7-12,20-21,28H,5-6,13-15,25H2,1-2H3,(H,26,27). The van der Waals surface area contributed by atoms with Crippen molar-refractivity contribution in [1.29, 1.82) is 0 Å². The van der Waals surface area contributed by atoms with E-state index in [-0.39, 0.29) is 24.6 Å². The third-order valence-corrected chi connectivity index (χ3v) is 7.34. The maximum atomic E-state index is 14.3. The van der Waals surface area contributed by atoms with E-state index in [2.05, 4.69) is 9.71 Å². The number of aliphatic hydroxyl groups is 1. The van der Waals surface area contributed by atoms with Crippen LogP contribution in [0.3, 0.4) is 0 Å². The summed E-state index contributed by atoms with van der Waals surface area (Å²) in [5, 5.41) is 8.44. The molecule has 2 unspecified atom stereocenters. The Kier molecular flexibility index (Phi) is 7.53. The maximum Gasteiger partial charge on any atom is 0.299 e. The highest BCUT2D eigenvalue weighted by Gasteiger charge is 2.48. The number of benzene rings is 2. The number of aryl methyl sites for hydroxylation is 1. The maximum absolute atomic E-state index is 14.3. The number of nitrogens with zero attached hydrogens (tertiary/aromatic N) is 1. The van der Waals surface area contributed by atoms with E-state index in [1.807, 2.05) is 12.1 Å². The van der Waals surface area contributed by atoms with Gasteiger partial charge in [-0.15, -0.1) is 0 Å². The predicted octanol–water partition coefficient (Wildman–Crippen LogP) is 2.97. The first-order valence-electron chi connectivity index (χ1n) is 10.6. The highest BCUT2D eigenvalue weighted by atomic mass is 32.2. The Balaban J connectivity index is 1.90. The number of halogens is 1. The summed E-state index contributed by atoms with van der Waals surface area (Å²) in [6, 6.07) is 12.4. The van der Waals surface area contributed by atoms with Gasteiger partial charge in [-0.25, -0.2) is 22.5 Å². The van der Waals surface area contributed by atoms with E-state index < -0.39 is 32.7 Å². The zero-order valence-electron chi connectivity index (χ0n) is 18.3. The molecule has 4 N–H and O–H groups in total. The molecule has 2 aromatic rings. The molecule has 0 aromatic heterocycles. The quantitative estimate of drug-likeness (QED) is 0.557. The second-order valence-electron chi connectivity index (χ2n) is 8.35. The van der Waals surface area contributed by atoms with Crippen LogP contribution in [0.5, 0.6) is 0 Å². The normalized spacial score (nSPS) is 21.5. The molecule has 0 bridgehead atoms. The van der Waals surface area contributed by atoms with Crippen molar-refractivity contribution < 1.29 is 22.7 Å². The van der Waals surface area contributed by atoms with Gasteiger partial charge in [-0.1, -0.05) is 42.5 Å². The topological polar surface area (TPSA) is 114 Å². The second kappa shape index (κ2) is 9.97. The van der Waals surface area contributed by atoms with Crippen LogP contribution in [0.2, 0.25) is 0 Å². The highest BCUT2D eigenvalue weighted by Crippen LogP contribution is 2.39. The summed E-state index contributed by atoms with van der Waals surface area (Å²) in [4.78, 5) is 4.32. The van der Waals surface area contributed by atoms with Crippen molar-refractivity contribution in [3.8, 4) is 0 Å². The van der Waals surface area contributed by atoms with Crippen LogP contribution in [0.1, 0.15) is 54.7 Å². The molecule has 0 radical (unpaired) electrons. The van der Waals surface area contributed by atoms with Crippen LogP contribution >= 0.6 is 0 Å². The molecule has 1 heterocycles. The van der Waals surface area contributed by atoms with Gasteiger partial charge in [0.1, 0.15) is 16.7 Å². The Bertz CT molecular complexity index is 1060. The van der Waals surface area contributed by atoms with E-state index in [9.17, 15) is 17.9 Å².